The van der Waals surface area contributed by atoms with Crippen LogP contribution in [0.15, 0.2) is 56.7 Å². The first-order valence-corrected chi connectivity index (χ1v) is 13.8. The fraction of sp³-hybridized carbons (Fsp3) is 0.333. The molecule has 9 heteroatoms. The number of hydrogen-bond acceptors (Lipinski definition) is 7. The molecule has 0 saturated carbocycles. The van der Waals surface area contributed by atoms with Gasteiger partial charge in [-0.25, -0.2) is 0 Å². The summed E-state index contributed by atoms with van der Waals surface area (Å²) in [5.41, 5.74) is 3.42. The normalized spacial score (nSPS) is 20.3. The van der Waals surface area contributed by atoms with E-state index in [0.29, 0.717) is 23.7 Å². The van der Waals surface area contributed by atoms with Gasteiger partial charge in [0.15, 0.2) is 10.1 Å². The Morgan fingerprint density at radius 2 is 2.00 bits per heavy atom. The van der Waals surface area contributed by atoms with Gasteiger partial charge in [-0.15, -0.1) is 10.2 Å². The number of Topliss-reactive ketones (excluding diaryl/α,β-unsaturated/α-hetero) is 1. The van der Waals surface area contributed by atoms with Crippen LogP contribution in [-0.2, 0) is 15.3 Å². The number of halogens is 1. The molecule has 0 bridgehead atoms. The Morgan fingerprint density at radius 3 is 2.76 bits per heavy atom. The van der Waals surface area contributed by atoms with E-state index in [1.165, 1.54) is 11.3 Å². The summed E-state index contributed by atoms with van der Waals surface area (Å²) >= 11 is 10.8. The highest BCUT2D eigenvalue weighted by Crippen LogP contribution is 2.49. The van der Waals surface area contributed by atoms with Crippen LogP contribution in [0.25, 0.3) is 0 Å². The van der Waals surface area contributed by atoms with Crippen molar-refractivity contribution in [2.24, 2.45) is 5.41 Å². The van der Waals surface area contributed by atoms with E-state index in [4.69, 9.17) is 11.6 Å². The van der Waals surface area contributed by atoms with Crippen LogP contribution in [0.3, 0.4) is 0 Å². The number of amides is 1. The molecule has 2 aromatic heterocycles. The molecule has 1 unspecified atom stereocenters. The Bertz CT molecular complexity index is 1250. The first-order chi connectivity index (χ1) is 15.8. The number of thiophene rings is 1. The van der Waals surface area contributed by atoms with E-state index in [9.17, 15) is 9.59 Å². The first kappa shape index (κ1) is 22.8. The number of thioether (sulfide) groups is 1. The van der Waals surface area contributed by atoms with Crippen molar-refractivity contribution in [3.63, 3.8) is 0 Å². The summed E-state index contributed by atoms with van der Waals surface area (Å²) in [5, 5.41) is 14.0. The largest absolute Gasteiger partial charge is 0.294 e. The molecular formula is C24H22ClN3O2S3. The van der Waals surface area contributed by atoms with E-state index >= 15 is 0 Å². The fourth-order valence-corrected chi connectivity index (χ4v) is 7.39. The molecule has 0 fully saturated rings. The van der Waals surface area contributed by atoms with Gasteiger partial charge in [-0.2, -0.15) is 11.3 Å². The third kappa shape index (κ3) is 4.54. The molecule has 2 aliphatic rings. The highest BCUT2D eigenvalue weighted by Gasteiger charge is 2.45. The summed E-state index contributed by atoms with van der Waals surface area (Å²) in [4.78, 5) is 28.4. The highest BCUT2D eigenvalue weighted by molar-refractivity contribution is 8.00. The second-order valence-electron chi connectivity index (χ2n) is 9.07. The quantitative estimate of drug-likeness (QED) is 0.279. The standard InChI is InChI=1S/C24H22ClN3O2S3/c1-24(2)10-18-21(19(29)11-24)16(14-7-8-31-12-14)9-20(30)28(18)22-26-27-23(33-22)32-13-15-5-3-4-6-17(15)25/h3-8,12,16H,9-11,13H2,1-2H3. The van der Waals surface area contributed by atoms with E-state index in [1.807, 2.05) is 41.1 Å². The molecule has 1 aliphatic carbocycles. The average Bonchev–Trinajstić information content (AvgIpc) is 3.44. The summed E-state index contributed by atoms with van der Waals surface area (Å²) in [6, 6.07) is 9.74. The lowest BCUT2D eigenvalue weighted by Crippen LogP contribution is -2.43. The molecule has 1 amide bonds. The minimum atomic E-state index is -0.211. The number of benzene rings is 1. The molecule has 5 nitrogen and oxygen atoms in total. The summed E-state index contributed by atoms with van der Waals surface area (Å²) in [7, 11) is 0. The molecule has 1 atom stereocenters. The lowest BCUT2D eigenvalue weighted by atomic mass is 9.69. The molecular weight excluding hydrogens is 494 g/mol. The molecule has 0 radical (unpaired) electrons. The van der Waals surface area contributed by atoms with E-state index in [-0.39, 0.29) is 29.4 Å². The van der Waals surface area contributed by atoms with E-state index < -0.39 is 0 Å². The van der Waals surface area contributed by atoms with Gasteiger partial charge >= 0.3 is 0 Å². The Kier molecular flexibility index (Phi) is 6.20. The highest BCUT2D eigenvalue weighted by atomic mass is 35.5. The monoisotopic (exact) mass is 515 g/mol. The third-order valence-electron chi connectivity index (χ3n) is 5.98. The minimum Gasteiger partial charge on any atom is -0.294 e. The SMILES string of the molecule is CC1(C)CC(=O)C2=C(C1)N(c1nnc(SCc3ccccc3Cl)s1)C(=O)CC2c1ccsc1. The van der Waals surface area contributed by atoms with Gasteiger partial charge in [-0.05, 0) is 45.9 Å². The summed E-state index contributed by atoms with van der Waals surface area (Å²) in [5.74, 6) is 0.588. The Labute approximate surface area is 209 Å². The van der Waals surface area contributed by atoms with Crippen molar-refractivity contribution in [3.8, 4) is 0 Å². The van der Waals surface area contributed by atoms with Crippen LogP contribution in [0.5, 0.6) is 0 Å². The van der Waals surface area contributed by atoms with Crippen LogP contribution in [0.4, 0.5) is 5.13 Å². The van der Waals surface area contributed by atoms with Gasteiger partial charge in [0.1, 0.15) is 0 Å². The lowest BCUT2D eigenvalue weighted by Gasteiger charge is -2.41. The number of rotatable bonds is 5. The van der Waals surface area contributed by atoms with Gasteiger partial charge in [0.05, 0.1) is 0 Å². The van der Waals surface area contributed by atoms with Crippen LogP contribution >= 0.6 is 46.0 Å². The van der Waals surface area contributed by atoms with Crippen molar-refractivity contribution in [1.29, 1.82) is 0 Å². The van der Waals surface area contributed by atoms with Crippen molar-refractivity contribution in [2.75, 3.05) is 4.90 Å². The van der Waals surface area contributed by atoms with Crippen molar-refractivity contribution in [1.82, 2.24) is 10.2 Å². The summed E-state index contributed by atoms with van der Waals surface area (Å²) in [6.45, 7) is 4.16. The molecule has 1 aromatic carbocycles. The average molecular weight is 516 g/mol. The third-order valence-corrected chi connectivity index (χ3v) is 9.15. The van der Waals surface area contributed by atoms with Crippen molar-refractivity contribution >= 4 is 62.9 Å². The Morgan fingerprint density at radius 1 is 1.18 bits per heavy atom. The Balaban J connectivity index is 1.48. The molecule has 0 spiro atoms. The number of carbonyl (C=O) groups is 2. The molecule has 170 valence electrons. The molecule has 0 N–H and O–H groups in total. The van der Waals surface area contributed by atoms with Crippen molar-refractivity contribution < 1.29 is 9.59 Å². The number of hydrogen-bond donors (Lipinski definition) is 0. The van der Waals surface area contributed by atoms with Gasteiger partial charge in [0.25, 0.3) is 0 Å². The summed E-state index contributed by atoms with van der Waals surface area (Å²) < 4.78 is 0.765. The molecule has 1 aliphatic heterocycles. The predicted molar refractivity (Wildman–Crippen MR) is 135 cm³/mol. The summed E-state index contributed by atoms with van der Waals surface area (Å²) in [6.07, 6.45) is 1.41. The molecule has 3 heterocycles. The maximum absolute atomic E-state index is 13.4. The van der Waals surface area contributed by atoms with Gasteiger partial charge in [-0.1, -0.05) is 66.7 Å². The second-order valence-corrected chi connectivity index (χ2v) is 12.4. The maximum Gasteiger partial charge on any atom is 0.234 e. The van der Waals surface area contributed by atoms with Gasteiger partial charge in [0.2, 0.25) is 11.0 Å². The Hall–Kier alpha value is -2.00. The zero-order valence-corrected chi connectivity index (χ0v) is 21.4. The molecule has 0 saturated heterocycles. The van der Waals surface area contributed by atoms with Crippen LogP contribution in [0.1, 0.15) is 50.2 Å². The number of aromatic nitrogens is 2. The number of carbonyl (C=O) groups excluding carboxylic acids is 2. The number of ketones is 1. The topological polar surface area (TPSA) is 63.2 Å². The zero-order chi connectivity index (χ0) is 23.2. The van der Waals surface area contributed by atoms with Crippen molar-refractivity contribution in [3.05, 3.63) is 68.5 Å². The molecule has 33 heavy (non-hydrogen) atoms. The van der Waals surface area contributed by atoms with E-state index in [2.05, 4.69) is 24.0 Å². The van der Waals surface area contributed by atoms with E-state index in [0.717, 1.165) is 31.8 Å². The van der Waals surface area contributed by atoms with Crippen LogP contribution in [-0.4, -0.2) is 21.9 Å². The lowest BCUT2D eigenvalue weighted by molar-refractivity contribution is -0.121. The molecule has 3 aromatic rings. The van der Waals surface area contributed by atoms with Crippen LogP contribution in [0.2, 0.25) is 5.02 Å². The maximum atomic E-state index is 13.4. The second kappa shape index (κ2) is 8.98. The van der Waals surface area contributed by atoms with Gasteiger partial charge in [-0.3, -0.25) is 14.5 Å². The molecule has 5 rings (SSSR count). The van der Waals surface area contributed by atoms with E-state index in [1.54, 1.807) is 28.0 Å². The number of allylic oxidation sites excluding steroid dienone is 2. The number of anilines is 1. The smallest absolute Gasteiger partial charge is 0.234 e. The minimum absolute atomic E-state index is 0.0331. The zero-order valence-electron chi connectivity index (χ0n) is 18.2. The first-order valence-electron chi connectivity index (χ1n) is 10.6. The number of nitrogens with zero attached hydrogens (tertiary/aromatic N) is 3. The van der Waals surface area contributed by atoms with Crippen molar-refractivity contribution in [2.45, 2.75) is 49.1 Å². The van der Waals surface area contributed by atoms with Crippen LogP contribution in [0, 0.1) is 5.41 Å². The fourth-order valence-electron chi connectivity index (χ4n) is 4.50. The van der Waals surface area contributed by atoms with Crippen LogP contribution < -0.4 is 4.90 Å². The van der Waals surface area contributed by atoms with Gasteiger partial charge in [0, 0.05) is 40.8 Å². The predicted octanol–water partition coefficient (Wildman–Crippen LogP) is 6.71. The van der Waals surface area contributed by atoms with Gasteiger partial charge < -0.3 is 0 Å².